The first-order valence-electron chi connectivity index (χ1n) is 12.9. The fourth-order valence-electron chi connectivity index (χ4n) is 4.69. The summed E-state index contributed by atoms with van der Waals surface area (Å²) >= 11 is 0. The Hall–Kier alpha value is -3.10. The van der Waals surface area contributed by atoms with Crippen molar-refractivity contribution in [3.8, 4) is 0 Å². The van der Waals surface area contributed by atoms with E-state index in [4.69, 9.17) is 37.9 Å². The first-order chi connectivity index (χ1) is 18.9. The molecular weight excluding hydrogens is 532 g/mol. The van der Waals surface area contributed by atoms with E-state index < -0.39 is 85.3 Å². The van der Waals surface area contributed by atoms with Crippen LogP contribution < -0.4 is 0 Å². The summed E-state index contributed by atoms with van der Waals surface area (Å²) in [4.78, 5) is 47.8. The van der Waals surface area contributed by atoms with E-state index in [1.807, 2.05) is 30.3 Å². The van der Waals surface area contributed by atoms with Crippen LogP contribution in [0.4, 0.5) is 0 Å². The van der Waals surface area contributed by atoms with Gasteiger partial charge in [0.1, 0.15) is 12.2 Å². The van der Waals surface area contributed by atoms with Crippen LogP contribution in [-0.2, 0) is 63.7 Å². The SMILES string of the molecule is CC(=O)O[C@@H]1[C@@H](OC(C)=O)[C@H](C)O[C@@H](O[C@@H]2[C@@H](OCc3ccccc3)[C@H](C)O[C@@H](O)[C@@H]2OC(C)=O)[C@@H]1OC(C)=O. The summed E-state index contributed by atoms with van der Waals surface area (Å²) in [6.07, 6.45) is -12.0. The second-order valence-corrected chi connectivity index (χ2v) is 9.60. The maximum atomic E-state index is 12.1. The lowest BCUT2D eigenvalue weighted by molar-refractivity contribution is -0.355. The highest BCUT2D eigenvalue weighted by atomic mass is 16.8. The van der Waals surface area contributed by atoms with E-state index in [0.29, 0.717) is 0 Å². The van der Waals surface area contributed by atoms with Crippen molar-refractivity contribution < 1.29 is 62.2 Å². The van der Waals surface area contributed by atoms with Gasteiger partial charge in [-0.25, -0.2) is 0 Å². The summed E-state index contributed by atoms with van der Waals surface area (Å²) < 4.78 is 45.5. The van der Waals surface area contributed by atoms with Crippen LogP contribution in [0.1, 0.15) is 47.1 Å². The maximum Gasteiger partial charge on any atom is 0.303 e. The van der Waals surface area contributed by atoms with Gasteiger partial charge in [-0.3, -0.25) is 19.2 Å². The van der Waals surface area contributed by atoms with Crippen molar-refractivity contribution >= 4 is 23.9 Å². The standard InChI is InChI=1S/C27H36O13/c1-13-20(33-12-19-10-8-7-9-11-19)22(24(26(32)34-13)38-17(5)30)40-27-25(39-18(6)31)23(37-16(4)29)21(14(2)35-27)36-15(3)28/h7-11,13-14,20-27,32H,12H2,1-6H3/t13-,14-,20-,21-,22+,23+,24+,25+,26+,27-/m0/s1. The highest BCUT2D eigenvalue weighted by molar-refractivity contribution is 5.68. The Morgan fingerprint density at radius 3 is 1.75 bits per heavy atom. The predicted octanol–water partition coefficient (Wildman–Crippen LogP) is 1.17. The van der Waals surface area contributed by atoms with Crippen molar-refractivity contribution in [2.75, 3.05) is 0 Å². The second-order valence-electron chi connectivity index (χ2n) is 9.60. The minimum absolute atomic E-state index is 0.127. The van der Waals surface area contributed by atoms with Crippen molar-refractivity contribution in [3.63, 3.8) is 0 Å². The summed E-state index contributed by atoms with van der Waals surface area (Å²) in [5.74, 6) is -2.89. The maximum absolute atomic E-state index is 12.1. The summed E-state index contributed by atoms with van der Waals surface area (Å²) in [5, 5.41) is 10.7. The van der Waals surface area contributed by atoms with Gasteiger partial charge in [-0.2, -0.15) is 0 Å². The third kappa shape index (κ3) is 8.21. The molecule has 0 amide bonds. The van der Waals surface area contributed by atoms with Crippen molar-refractivity contribution in [3.05, 3.63) is 35.9 Å². The van der Waals surface area contributed by atoms with Gasteiger partial charge in [0.2, 0.25) is 0 Å². The molecule has 0 unspecified atom stereocenters. The number of hydrogen-bond donors (Lipinski definition) is 1. The van der Waals surface area contributed by atoms with E-state index in [-0.39, 0.29) is 6.61 Å². The number of ether oxygens (including phenoxy) is 8. The van der Waals surface area contributed by atoms with Crippen molar-refractivity contribution in [1.82, 2.24) is 0 Å². The van der Waals surface area contributed by atoms with Crippen molar-refractivity contribution in [2.45, 2.75) is 110 Å². The first kappa shape index (κ1) is 31.4. The molecule has 13 heteroatoms. The molecular formula is C27H36O13. The number of carbonyl (C=O) groups is 4. The van der Waals surface area contributed by atoms with Crippen LogP contribution in [0, 0.1) is 0 Å². The van der Waals surface area contributed by atoms with Crippen LogP contribution in [0.3, 0.4) is 0 Å². The first-order valence-corrected chi connectivity index (χ1v) is 12.9. The number of rotatable bonds is 9. The molecule has 2 saturated heterocycles. The van der Waals surface area contributed by atoms with E-state index in [0.717, 1.165) is 26.3 Å². The van der Waals surface area contributed by atoms with E-state index in [1.54, 1.807) is 13.8 Å². The van der Waals surface area contributed by atoms with Crippen LogP contribution >= 0.6 is 0 Å². The van der Waals surface area contributed by atoms with Gasteiger partial charge in [0.15, 0.2) is 37.0 Å². The number of hydrogen-bond acceptors (Lipinski definition) is 13. The van der Waals surface area contributed by atoms with Gasteiger partial charge in [0.25, 0.3) is 0 Å². The molecule has 0 aromatic heterocycles. The summed E-state index contributed by atoms with van der Waals surface area (Å²) in [6, 6.07) is 9.24. The van der Waals surface area contributed by atoms with Crippen LogP contribution in [0.25, 0.3) is 0 Å². The quantitative estimate of drug-likeness (QED) is 0.334. The molecule has 2 aliphatic heterocycles. The van der Waals surface area contributed by atoms with E-state index in [1.165, 1.54) is 6.92 Å². The van der Waals surface area contributed by atoms with Gasteiger partial charge < -0.3 is 43.0 Å². The fourth-order valence-corrected chi connectivity index (χ4v) is 4.69. The zero-order chi connectivity index (χ0) is 29.6. The van der Waals surface area contributed by atoms with Gasteiger partial charge in [0, 0.05) is 27.7 Å². The minimum atomic E-state index is -1.59. The number of carbonyl (C=O) groups excluding carboxylic acids is 4. The van der Waals surface area contributed by atoms with Gasteiger partial charge in [-0.05, 0) is 19.4 Å². The van der Waals surface area contributed by atoms with E-state index in [9.17, 15) is 24.3 Å². The van der Waals surface area contributed by atoms with Crippen molar-refractivity contribution in [2.24, 2.45) is 0 Å². The number of benzene rings is 1. The predicted molar refractivity (Wildman–Crippen MR) is 133 cm³/mol. The Bertz CT molecular complexity index is 1030. The molecule has 1 N–H and O–H groups in total. The molecule has 10 atom stereocenters. The van der Waals surface area contributed by atoms with Crippen LogP contribution in [0.5, 0.6) is 0 Å². The Kier molecular flexibility index (Phi) is 11.0. The Morgan fingerprint density at radius 2 is 1.18 bits per heavy atom. The molecule has 0 spiro atoms. The van der Waals surface area contributed by atoms with E-state index in [2.05, 4.69) is 0 Å². The molecule has 222 valence electrons. The van der Waals surface area contributed by atoms with E-state index >= 15 is 0 Å². The Morgan fingerprint density at radius 1 is 0.675 bits per heavy atom. The zero-order valence-electron chi connectivity index (χ0n) is 23.2. The molecule has 0 bridgehead atoms. The summed E-state index contributed by atoms with van der Waals surface area (Å²) in [6.45, 7) is 7.93. The molecule has 1 aromatic carbocycles. The van der Waals surface area contributed by atoms with Gasteiger partial charge in [-0.15, -0.1) is 0 Å². The average molecular weight is 569 g/mol. The summed E-state index contributed by atoms with van der Waals surface area (Å²) in [5.41, 5.74) is 0.836. The highest BCUT2D eigenvalue weighted by Gasteiger charge is 2.55. The lowest BCUT2D eigenvalue weighted by Crippen LogP contribution is -2.65. The number of aliphatic hydroxyl groups is 1. The molecule has 0 radical (unpaired) electrons. The molecule has 0 saturated carbocycles. The normalized spacial score (nSPS) is 33.9. The molecule has 3 rings (SSSR count). The molecule has 1 aromatic rings. The third-order valence-corrected chi connectivity index (χ3v) is 6.26. The van der Waals surface area contributed by atoms with Crippen molar-refractivity contribution in [1.29, 1.82) is 0 Å². The van der Waals surface area contributed by atoms with Gasteiger partial charge >= 0.3 is 23.9 Å². The molecule has 2 fully saturated rings. The lowest BCUT2D eigenvalue weighted by Gasteiger charge is -2.48. The molecule has 13 nitrogen and oxygen atoms in total. The largest absolute Gasteiger partial charge is 0.456 e. The summed E-state index contributed by atoms with van der Waals surface area (Å²) in [7, 11) is 0. The number of esters is 4. The Labute approximate surface area is 231 Å². The molecule has 0 aliphatic carbocycles. The third-order valence-electron chi connectivity index (χ3n) is 6.26. The number of aliphatic hydroxyl groups excluding tert-OH is 1. The van der Waals surface area contributed by atoms with Crippen LogP contribution in [0.15, 0.2) is 30.3 Å². The highest BCUT2D eigenvalue weighted by Crippen LogP contribution is 2.34. The lowest BCUT2D eigenvalue weighted by atomic mass is 9.96. The molecule has 40 heavy (non-hydrogen) atoms. The smallest absolute Gasteiger partial charge is 0.303 e. The van der Waals surface area contributed by atoms with Gasteiger partial charge in [0.05, 0.1) is 18.8 Å². The minimum Gasteiger partial charge on any atom is -0.456 e. The second kappa shape index (κ2) is 14.0. The monoisotopic (exact) mass is 568 g/mol. The van der Waals surface area contributed by atoms with Gasteiger partial charge in [-0.1, -0.05) is 30.3 Å². The molecule has 2 heterocycles. The average Bonchev–Trinajstić information content (AvgIpc) is 2.85. The fraction of sp³-hybridized carbons (Fsp3) is 0.630. The Balaban J connectivity index is 1.98. The van der Waals surface area contributed by atoms with Crippen LogP contribution in [-0.4, -0.2) is 90.4 Å². The van der Waals surface area contributed by atoms with Crippen LogP contribution in [0.2, 0.25) is 0 Å². The topological polar surface area (TPSA) is 162 Å². The zero-order valence-corrected chi connectivity index (χ0v) is 23.2. The molecule has 2 aliphatic rings.